The number of nitrogens with one attached hydrogen (secondary N) is 1. The molecule has 6 nitrogen and oxygen atoms in total. The molecule has 0 aliphatic rings. The predicted molar refractivity (Wildman–Crippen MR) is 158 cm³/mol. The van der Waals surface area contributed by atoms with E-state index in [4.69, 9.17) is 4.74 Å². The zero-order chi connectivity index (χ0) is 30.1. The van der Waals surface area contributed by atoms with E-state index in [-0.39, 0.29) is 17.4 Å². The van der Waals surface area contributed by atoms with E-state index in [1.165, 1.54) is 19.2 Å². The molecule has 5 aromatic rings. The number of halogens is 4. The number of hydrogen-bond acceptors (Lipinski definition) is 4. The normalized spacial score (nSPS) is 12.0. The highest BCUT2D eigenvalue weighted by Crippen LogP contribution is 2.36. The number of methoxy groups -OCH3 is 1. The van der Waals surface area contributed by atoms with Gasteiger partial charge in [0.15, 0.2) is 0 Å². The molecule has 0 bridgehead atoms. The molecule has 1 heterocycles. The molecule has 4 aromatic carbocycles. The number of rotatable bonds is 8. The summed E-state index contributed by atoms with van der Waals surface area (Å²) in [5, 5.41) is 0.974. The summed E-state index contributed by atoms with van der Waals surface area (Å²) in [6.07, 6.45) is 2.43. The number of ether oxygens (including phenoxy) is 1. The van der Waals surface area contributed by atoms with E-state index in [2.05, 4.69) is 51.0 Å². The van der Waals surface area contributed by atoms with Crippen LogP contribution < -0.4 is 9.46 Å². The van der Waals surface area contributed by atoms with Crippen LogP contribution in [0.1, 0.15) is 38.7 Å². The number of benzene rings is 4. The topological polar surface area (TPSA) is 77.4 Å². The summed E-state index contributed by atoms with van der Waals surface area (Å²) < 4.78 is 70.7. The molecule has 5 rings (SSSR count). The Balaban J connectivity index is 1.57. The molecule has 0 fully saturated rings. The first-order chi connectivity index (χ1) is 20.0. The number of hydrogen-bond donors (Lipinski definition) is 1. The first-order valence-corrected chi connectivity index (χ1v) is 15.0. The summed E-state index contributed by atoms with van der Waals surface area (Å²) in [6.45, 7) is 0. The molecule has 42 heavy (non-hydrogen) atoms. The number of aromatic nitrogens is 1. The number of sulfonamides is 1. The van der Waals surface area contributed by atoms with Gasteiger partial charge in [-0.15, -0.1) is 0 Å². The summed E-state index contributed by atoms with van der Waals surface area (Å²) in [4.78, 5) is 12.4. The number of nitrogens with zero attached hydrogens (tertiary/aromatic N) is 1. The number of carbonyl (C=O) groups excluding carboxylic acids is 1. The Bertz CT molecular complexity index is 1820. The standard InChI is InChI=1S/C31H24BrF3N2O4S/c1-41-28-17-23(30(38)36-42(39,40)31(33,34)35)13-12-22(28)16-24-19-37(27-15-14-25(32)18-26(24)27)29(20-8-4-2-5-9-20)21-10-6-3-7-11-21/h2-15,17-19,29H,16H2,1H3,(H,36,38). The zero-order valence-corrected chi connectivity index (χ0v) is 24.5. The maximum absolute atomic E-state index is 12.8. The number of carbonyl (C=O) groups is 1. The van der Waals surface area contributed by atoms with Gasteiger partial charge in [0.05, 0.1) is 13.2 Å². The molecule has 0 atom stereocenters. The Morgan fingerprint density at radius 2 is 1.52 bits per heavy atom. The first kappa shape index (κ1) is 29.4. The molecule has 0 aliphatic heterocycles. The third-order valence-electron chi connectivity index (χ3n) is 6.85. The van der Waals surface area contributed by atoms with Gasteiger partial charge in [0.1, 0.15) is 5.75 Å². The summed E-state index contributed by atoms with van der Waals surface area (Å²) in [5.41, 5.74) is -1.14. The molecular formula is C31H24BrF3N2O4S. The minimum atomic E-state index is -5.85. The molecule has 0 aliphatic carbocycles. The highest BCUT2D eigenvalue weighted by Gasteiger charge is 2.47. The van der Waals surface area contributed by atoms with Crippen LogP contribution in [-0.2, 0) is 16.4 Å². The molecule has 0 spiro atoms. The summed E-state index contributed by atoms with van der Waals surface area (Å²) >= 11 is 3.57. The second-order valence-electron chi connectivity index (χ2n) is 9.53. The van der Waals surface area contributed by atoms with E-state index in [1.54, 1.807) is 6.07 Å². The van der Waals surface area contributed by atoms with Gasteiger partial charge in [0, 0.05) is 33.6 Å². The fourth-order valence-corrected chi connectivity index (χ4v) is 5.75. The summed E-state index contributed by atoms with van der Waals surface area (Å²) in [5.74, 6) is -1.18. The van der Waals surface area contributed by atoms with Gasteiger partial charge in [-0.2, -0.15) is 21.6 Å². The lowest BCUT2D eigenvalue weighted by Crippen LogP contribution is -2.40. The van der Waals surface area contributed by atoms with E-state index < -0.39 is 21.4 Å². The van der Waals surface area contributed by atoms with Crippen molar-refractivity contribution >= 4 is 42.8 Å². The highest BCUT2D eigenvalue weighted by atomic mass is 79.9. The third kappa shape index (κ3) is 5.93. The Labute approximate surface area is 248 Å². The van der Waals surface area contributed by atoms with Crippen LogP contribution in [0.5, 0.6) is 5.75 Å². The lowest BCUT2D eigenvalue weighted by Gasteiger charge is -2.21. The van der Waals surface area contributed by atoms with Crippen molar-refractivity contribution in [3.05, 3.63) is 136 Å². The number of fused-ring (bicyclic) bond motifs is 1. The largest absolute Gasteiger partial charge is 0.516 e. The van der Waals surface area contributed by atoms with Crippen molar-refractivity contribution in [2.24, 2.45) is 0 Å². The van der Waals surface area contributed by atoms with Crippen LogP contribution >= 0.6 is 15.9 Å². The van der Waals surface area contributed by atoms with Crippen LogP contribution in [0.15, 0.2) is 108 Å². The molecule has 216 valence electrons. The Morgan fingerprint density at radius 1 is 0.905 bits per heavy atom. The van der Waals surface area contributed by atoms with Crippen LogP contribution in [0.3, 0.4) is 0 Å². The average molecular weight is 658 g/mol. The van der Waals surface area contributed by atoms with Gasteiger partial charge in [-0.3, -0.25) is 4.79 Å². The fraction of sp³-hybridized carbons (Fsp3) is 0.129. The summed E-state index contributed by atoms with van der Waals surface area (Å²) in [6, 6.07) is 30.2. The predicted octanol–water partition coefficient (Wildman–Crippen LogP) is 7.22. The maximum atomic E-state index is 12.8. The molecular weight excluding hydrogens is 633 g/mol. The second kappa shape index (κ2) is 11.7. The smallest absolute Gasteiger partial charge is 0.496 e. The van der Waals surface area contributed by atoms with E-state index >= 15 is 0 Å². The van der Waals surface area contributed by atoms with Crippen molar-refractivity contribution in [2.45, 2.75) is 18.0 Å². The molecule has 0 saturated heterocycles. The van der Waals surface area contributed by atoms with Crippen molar-refractivity contribution < 1.29 is 31.1 Å². The molecule has 0 unspecified atom stereocenters. The summed E-state index contributed by atoms with van der Waals surface area (Å²) in [7, 11) is -4.48. The Kier molecular flexibility index (Phi) is 8.16. The van der Waals surface area contributed by atoms with Gasteiger partial charge in [-0.25, -0.2) is 4.72 Å². The van der Waals surface area contributed by atoms with E-state index in [9.17, 15) is 26.4 Å². The molecule has 0 saturated carbocycles. The van der Waals surface area contributed by atoms with E-state index in [0.29, 0.717) is 12.0 Å². The second-order valence-corrected chi connectivity index (χ2v) is 12.1. The molecule has 1 aromatic heterocycles. The van der Waals surface area contributed by atoms with Crippen LogP contribution in [0.4, 0.5) is 13.2 Å². The lowest BCUT2D eigenvalue weighted by atomic mass is 9.98. The van der Waals surface area contributed by atoms with Crippen LogP contribution in [0, 0.1) is 0 Å². The molecule has 11 heteroatoms. The zero-order valence-electron chi connectivity index (χ0n) is 22.1. The van der Waals surface area contributed by atoms with Gasteiger partial charge >= 0.3 is 15.5 Å². The molecule has 1 N–H and O–H groups in total. The van der Waals surface area contributed by atoms with Gasteiger partial charge in [-0.1, -0.05) is 82.7 Å². The van der Waals surface area contributed by atoms with Gasteiger partial charge in [0.25, 0.3) is 5.91 Å². The average Bonchev–Trinajstić information content (AvgIpc) is 3.30. The number of alkyl halides is 3. The molecule has 0 radical (unpaired) electrons. The fourth-order valence-electron chi connectivity index (χ4n) is 4.91. The quantitative estimate of drug-likeness (QED) is 0.191. The van der Waals surface area contributed by atoms with E-state index in [0.717, 1.165) is 36.8 Å². The van der Waals surface area contributed by atoms with Gasteiger partial charge in [0.2, 0.25) is 0 Å². The third-order valence-corrected chi connectivity index (χ3v) is 8.41. The van der Waals surface area contributed by atoms with Crippen LogP contribution in [0.2, 0.25) is 0 Å². The Hall–Kier alpha value is -4.09. The first-order valence-electron chi connectivity index (χ1n) is 12.7. The lowest BCUT2D eigenvalue weighted by molar-refractivity contribution is -0.0446. The minimum Gasteiger partial charge on any atom is -0.496 e. The van der Waals surface area contributed by atoms with Crippen molar-refractivity contribution in [3.8, 4) is 5.75 Å². The van der Waals surface area contributed by atoms with Crippen molar-refractivity contribution in [1.82, 2.24) is 9.29 Å². The van der Waals surface area contributed by atoms with Crippen molar-refractivity contribution in [1.29, 1.82) is 0 Å². The Morgan fingerprint density at radius 3 is 2.10 bits per heavy atom. The monoisotopic (exact) mass is 656 g/mol. The van der Waals surface area contributed by atoms with E-state index in [1.807, 2.05) is 54.6 Å². The molecule has 1 amide bonds. The van der Waals surface area contributed by atoms with Gasteiger partial charge in [-0.05, 0) is 52.6 Å². The SMILES string of the molecule is COc1cc(C(=O)NS(=O)(=O)C(F)(F)F)ccc1Cc1cn(C(c2ccccc2)c2ccccc2)c2ccc(Br)cc12. The van der Waals surface area contributed by atoms with Gasteiger partial charge < -0.3 is 9.30 Å². The van der Waals surface area contributed by atoms with Crippen molar-refractivity contribution in [2.75, 3.05) is 7.11 Å². The van der Waals surface area contributed by atoms with Crippen molar-refractivity contribution in [3.63, 3.8) is 0 Å². The minimum absolute atomic E-state index is 0.131. The highest BCUT2D eigenvalue weighted by molar-refractivity contribution is 9.10. The van der Waals surface area contributed by atoms with Crippen LogP contribution in [-0.4, -0.2) is 31.5 Å². The number of amides is 1. The van der Waals surface area contributed by atoms with Crippen LogP contribution in [0.25, 0.3) is 10.9 Å². The maximum Gasteiger partial charge on any atom is 0.516 e.